The molecule has 0 aromatic carbocycles. The first-order chi connectivity index (χ1) is 5.72. The van der Waals surface area contributed by atoms with Gasteiger partial charge in [0.15, 0.2) is 0 Å². The van der Waals surface area contributed by atoms with Crippen molar-refractivity contribution in [3.05, 3.63) is 0 Å². The van der Waals surface area contributed by atoms with Gasteiger partial charge in [0.25, 0.3) is 0 Å². The van der Waals surface area contributed by atoms with E-state index in [1.807, 2.05) is 0 Å². The predicted molar refractivity (Wildman–Crippen MR) is 51.1 cm³/mol. The zero-order valence-electron chi connectivity index (χ0n) is 8.27. The SMILES string of the molecule is CCC(C)CNC1(CO)CCC1. The summed E-state index contributed by atoms with van der Waals surface area (Å²) in [6, 6.07) is 0. The first kappa shape index (κ1) is 10.0. The summed E-state index contributed by atoms with van der Waals surface area (Å²) in [4.78, 5) is 0. The fourth-order valence-corrected chi connectivity index (χ4v) is 1.53. The van der Waals surface area contributed by atoms with E-state index in [4.69, 9.17) is 5.11 Å². The number of aliphatic hydroxyl groups is 1. The highest BCUT2D eigenvalue weighted by atomic mass is 16.3. The summed E-state index contributed by atoms with van der Waals surface area (Å²) in [5.41, 5.74) is 0.101. The summed E-state index contributed by atoms with van der Waals surface area (Å²) in [6.07, 6.45) is 4.79. The maximum atomic E-state index is 9.16. The second kappa shape index (κ2) is 4.24. The van der Waals surface area contributed by atoms with E-state index in [2.05, 4.69) is 19.2 Å². The van der Waals surface area contributed by atoms with Crippen LogP contribution in [0.15, 0.2) is 0 Å². The Balaban J connectivity index is 2.20. The highest BCUT2D eigenvalue weighted by molar-refractivity contribution is 4.95. The molecule has 1 unspecified atom stereocenters. The van der Waals surface area contributed by atoms with E-state index in [9.17, 15) is 0 Å². The van der Waals surface area contributed by atoms with Crippen LogP contribution in [-0.2, 0) is 0 Å². The zero-order chi connectivity index (χ0) is 9.03. The monoisotopic (exact) mass is 171 g/mol. The Morgan fingerprint density at radius 2 is 2.17 bits per heavy atom. The lowest BCUT2D eigenvalue weighted by Crippen LogP contribution is -2.54. The largest absolute Gasteiger partial charge is 0.394 e. The summed E-state index contributed by atoms with van der Waals surface area (Å²) in [5.74, 6) is 0.731. The standard InChI is InChI=1S/C10H21NO/c1-3-9(2)7-11-10(8-12)5-4-6-10/h9,11-12H,3-8H2,1-2H3. The molecule has 1 fully saturated rings. The Hall–Kier alpha value is -0.0800. The molecule has 1 atom stereocenters. The van der Waals surface area contributed by atoms with Crippen molar-refractivity contribution >= 4 is 0 Å². The number of nitrogens with one attached hydrogen (secondary N) is 1. The Bertz CT molecular complexity index is 126. The molecule has 0 aromatic rings. The number of aliphatic hydroxyl groups excluding tert-OH is 1. The van der Waals surface area contributed by atoms with Gasteiger partial charge in [-0.15, -0.1) is 0 Å². The lowest BCUT2D eigenvalue weighted by Gasteiger charge is -2.42. The van der Waals surface area contributed by atoms with Gasteiger partial charge in [0.1, 0.15) is 0 Å². The molecule has 0 amide bonds. The summed E-state index contributed by atoms with van der Waals surface area (Å²) in [5, 5.41) is 12.6. The number of hydrogen-bond donors (Lipinski definition) is 2. The molecule has 0 spiro atoms. The molecule has 0 radical (unpaired) electrons. The van der Waals surface area contributed by atoms with Crippen LogP contribution in [0.25, 0.3) is 0 Å². The molecule has 0 saturated heterocycles. The minimum atomic E-state index is 0.101. The van der Waals surface area contributed by atoms with E-state index >= 15 is 0 Å². The first-order valence-electron chi connectivity index (χ1n) is 5.08. The van der Waals surface area contributed by atoms with Crippen LogP contribution in [0, 0.1) is 5.92 Å². The van der Waals surface area contributed by atoms with E-state index in [1.54, 1.807) is 0 Å². The molecular weight excluding hydrogens is 150 g/mol. The molecule has 12 heavy (non-hydrogen) atoms. The second-order valence-corrected chi connectivity index (χ2v) is 4.19. The Labute approximate surface area is 75.4 Å². The Morgan fingerprint density at radius 3 is 2.50 bits per heavy atom. The lowest BCUT2D eigenvalue weighted by molar-refractivity contribution is 0.0850. The Morgan fingerprint density at radius 1 is 1.50 bits per heavy atom. The van der Waals surface area contributed by atoms with Crippen molar-refractivity contribution in [1.29, 1.82) is 0 Å². The molecule has 2 nitrogen and oxygen atoms in total. The van der Waals surface area contributed by atoms with Crippen molar-refractivity contribution in [1.82, 2.24) is 5.32 Å². The third-order valence-corrected chi connectivity index (χ3v) is 3.14. The first-order valence-corrected chi connectivity index (χ1v) is 5.08. The van der Waals surface area contributed by atoms with Crippen molar-refractivity contribution in [2.45, 2.75) is 45.1 Å². The fraction of sp³-hybridized carbons (Fsp3) is 1.00. The summed E-state index contributed by atoms with van der Waals surface area (Å²) in [6.45, 7) is 5.82. The molecule has 0 aliphatic heterocycles. The van der Waals surface area contributed by atoms with Gasteiger partial charge in [-0.3, -0.25) is 0 Å². The van der Waals surface area contributed by atoms with Gasteiger partial charge >= 0.3 is 0 Å². The van der Waals surface area contributed by atoms with E-state index in [-0.39, 0.29) is 5.54 Å². The van der Waals surface area contributed by atoms with Gasteiger partial charge in [0.05, 0.1) is 6.61 Å². The van der Waals surface area contributed by atoms with Gasteiger partial charge in [0, 0.05) is 5.54 Å². The molecule has 1 aliphatic rings. The molecule has 2 heteroatoms. The van der Waals surface area contributed by atoms with Crippen LogP contribution >= 0.6 is 0 Å². The molecular formula is C10H21NO. The maximum Gasteiger partial charge on any atom is 0.0613 e. The molecule has 2 N–H and O–H groups in total. The molecule has 1 rings (SSSR count). The summed E-state index contributed by atoms with van der Waals surface area (Å²) < 4.78 is 0. The van der Waals surface area contributed by atoms with Crippen LogP contribution in [0.2, 0.25) is 0 Å². The van der Waals surface area contributed by atoms with Crippen molar-refractivity contribution < 1.29 is 5.11 Å². The van der Waals surface area contributed by atoms with Gasteiger partial charge in [-0.2, -0.15) is 0 Å². The zero-order valence-corrected chi connectivity index (χ0v) is 8.27. The molecule has 1 saturated carbocycles. The van der Waals surface area contributed by atoms with Crippen LogP contribution in [-0.4, -0.2) is 23.8 Å². The van der Waals surface area contributed by atoms with Crippen LogP contribution in [0.3, 0.4) is 0 Å². The average Bonchev–Trinajstić information content (AvgIpc) is 2.03. The van der Waals surface area contributed by atoms with Crippen LogP contribution in [0.5, 0.6) is 0 Å². The molecule has 1 aliphatic carbocycles. The average molecular weight is 171 g/mol. The maximum absolute atomic E-state index is 9.16. The smallest absolute Gasteiger partial charge is 0.0613 e. The van der Waals surface area contributed by atoms with Gasteiger partial charge in [0.2, 0.25) is 0 Å². The van der Waals surface area contributed by atoms with E-state index in [0.29, 0.717) is 6.61 Å². The van der Waals surface area contributed by atoms with Crippen LogP contribution in [0.1, 0.15) is 39.5 Å². The second-order valence-electron chi connectivity index (χ2n) is 4.19. The van der Waals surface area contributed by atoms with Gasteiger partial charge in [-0.25, -0.2) is 0 Å². The van der Waals surface area contributed by atoms with Crippen molar-refractivity contribution in [3.8, 4) is 0 Å². The number of hydrogen-bond acceptors (Lipinski definition) is 2. The highest BCUT2D eigenvalue weighted by Gasteiger charge is 2.35. The third kappa shape index (κ3) is 2.20. The topological polar surface area (TPSA) is 32.3 Å². The third-order valence-electron chi connectivity index (χ3n) is 3.14. The highest BCUT2D eigenvalue weighted by Crippen LogP contribution is 2.31. The van der Waals surface area contributed by atoms with Crippen molar-refractivity contribution in [2.75, 3.05) is 13.2 Å². The number of rotatable bonds is 5. The molecule has 0 bridgehead atoms. The minimum absolute atomic E-state index is 0.101. The summed E-state index contributed by atoms with van der Waals surface area (Å²) in [7, 11) is 0. The summed E-state index contributed by atoms with van der Waals surface area (Å²) >= 11 is 0. The van der Waals surface area contributed by atoms with Gasteiger partial charge in [-0.1, -0.05) is 20.3 Å². The van der Waals surface area contributed by atoms with Crippen LogP contribution < -0.4 is 5.32 Å². The van der Waals surface area contributed by atoms with E-state index in [1.165, 1.54) is 12.8 Å². The minimum Gasteiger partial charge on any atom is -0.394 e. The van der Waals surface area contributed by atoms with Gasteiger partial charge in [-0.05, 0) is 31.7 Å². The predicted octanol–water partition coefficient (Wildman–Crippen LogP) is 1.54. The fourth-order valence-electron chi connectivity index (χ4n) is 1.53. The van der Waals surface area contributed by atoms with Crippen LogP contribution in [0.4, 0.5) is 0 Å². The molecule has 0 heterocycles. The Kier molecular flexibility index (Phi) is 3.53. The van der Waals surface area contributed by atoms with E-state index in [0.717, 1.165) is 25.3 Å². The van der Waals surface area contributed by atoms with Crippen molar-refractivity contribution in [3.63, 3.8) is 0 Å². The van der Waals surface area contributed by atoms with Gasteiger partial charge < -0.3 is 10.4 Å². The molecule has 72 valence electrons. The van der Waals surface area contributed by atoms with Crippen molar-refractivity contribution in [2.24, 2.45) is 5.92 Å². The quantitative estimate of drug-likeness (QED) is 0.657. The normalized spacial score (nSPS) is 23.2. The lowest BCUT2D eigenvalue weighted by atomic mass is 9.77. The molecule has 0 aromatic heterocycles. The van der Waals surface area contributed by atoms with E-state index < -0.39 is 0 Å².